The number of allylic oxidation sites excluding steroid dienone is 16. The number of aliphatic hydroxyl groups excluding tert-OH is 2. The van der Waals surface area contributed by atoms with E-state index in [0.29, 0.717) is 19.3 Å². The molecular formula is C87H156O16P2. The Hall–Kier alpha value is -3.53. The van der Waals surface area contributed by atoms with Crippen molar-refractivity contribution in [3.8, 4) is 0 Å². The molecule has 105 heavy (non-hydrogen) atoms. The van der Waals surface area contributed by atoms with Crippen LogP contribution in [0.3, 0.4) is 0 Å². The highest BCUT2D eigenvalue weighted by atomic mass is 31.2. The molecule has 0 radical (unpaired) electrons. The summed E-state index contributed by atoms with van der Waals surface area (Å²) in [6, 6.07) is 0. The van der Waals surface area contributed by atoms with Gasteiger partial charge in [-0.2, -0.15) is 0 Å². The Balaban J connectivity index is 4.46. The van der Waals surface area contributed by atoms with Gasteiger partial charge in [-0.05, 0) is 109 Å². The Morgan fingerprint density at radius 3 is 0.771 bits per heavy atom. The second-order valence-electron chi connectivity index (χ2n) is 28.6. The molecule has 5 unspecified atom stereocenters. The molecule has 16 nitrogen and oxygen atoms in total. The zero-order valence-electron chi connectivity index (χ0n) is 66.9. The first-order valence-electron chi connectivity index (χ1n) is 42.5. The Morgan fingerprint density at radius 1 is 0.267 bits per heavy atom. The van der Waals surface area contributed by atoms with Crippen LogP contribution in [0.5, 0.6) is 0 Å². The minimum absolute atomic E-state index is 0.108. The SMILES string of the molecule is CCCCC/C=C\C/C=C\C/C=C\C/C=C\CCCCCCCCCCCCCCCC(=O)OCC(O)COP(=O)(O)OCC(O)COP(=O)(O)OCC(COC(=O)CCCCCCCCCCCCC/C=C\C/C=C\C/C=C\C/C=C\CCCCC)OC(=O)CCCCCCCCCCCCCCC. The van der Waals surface area contributed by atoms with E-state index in [1.165, 1.54) is 199 Å². The van der Waals surface area contributed by atoms with Gasteiger partial charge in [0, 0.05) is 19.3 Å². The number of unbranched alkanes of at least 4 members (excludes halogenated alkanes) is 42. The summed E-state index contributed by atoms with van der Waals surface area (Å²) >= 11 is 0. The van der Waals surface area contributed by atoms with Crippen molar-refractivity contribution in [2.45, 2.75) is 399 Å². The Morgan fingerprint density at radius 2 is 0.476 bits per heavy atom. The summed E-state index contributed by atoms with van der Waals surface area (Å²) < 4.78 is 61.3. The summed E-state index contributed by atoms with van der Waals surface area (Å²) in [5.74, 6) is -1.56. The van der Waals surface area contributed by atoms with Crippen LogP contribution in [0.4, 0.5) is 0 Å². The third-order valence-corrected chi connectivity index (χ3v) is 20.2. The zero-order chi connectivity index (χ0) is 76.6. The highest BCUT2D eigenvalue weighted by Crippen LogP contribution is 2.45. The smallest absolute Gasteiger partial charge is 0.463 e. The van der Waals surface area contributed by atoms with Gasteiger partial charge in [0.15, 0.2) is 6.10 Å². The number of esters is 3. The van der Waals surface area contributed by atoms with Gasteiger partial charge in [-0.15, -0.1) is 0 Å². The van der Waals surface area contributed by atoms with Crippen molar-refractivity contribution >= 4 is 33.6 Å². The van der Waals surface area contributed by atoms with E-state index >= 15 is 0 Å². The van der Waals surface area contributed by atoms with Crippen LogP contribution in [-0.4, -0.2) is 95.9 Å². The average Bonchev–Trinajstić information content (AvgIpc) is 0.912. The van der Waals surface area contributed by atoms with Crippen LogP contribution in [0.25, 0.3) is 0 Å². The van der Waals surface area contributed by atoms with E-state index in [1.807, 2.05) is 0 Å². The Kier molecular flexibility index (Phi) is 77.3. The Labute approximate surface area is 641 Å². The molecule has 0 aromatic carbocycles. The van der Waals surface area contributed by atoms with E-state index in [0.717, 1.165) is 122 Å². The minimum atomic E-state index is -4.93. The standard InChI is InChI=1S/C87H156O16P2/c1-4-7-10-13-16-19-22-25-27-29-31-33-35-37-39-40-42-44-45-47-49-51-53-56-58-61-64-67-70-73-85(90)97-76-82(88)77-99-104(93,94)100-78-83(89)79-101-105(95,96)102-81-84(103-87(92)75-72-69-66-63-60-55-24-21-18-15-12-9-6-3)80-98-86(91)74-71-68-65-62-59-57-54-52-50-48-46-43-41-38-36-34-32-30-28-26-23-20-17-14-11-8-5-2/h16-17,19-20,25-28,31-34,37-39,41,82-84,88-89H,4-15,18,21-24,29-30,35-36,40,42-81H2,1-3H3,(H,93,94)(H,95,96)/b19-16-,20-17-,27-25-,28-26-,33-31-,34-32-,39-37-,41-38-. The molecule has 0 aromatic rings. The molecule has 0 aliphatic rings. The van der Waals surface area contributed by atoms with Crippen molar-refractivity contribution in [3.63, 3.8) is 0 Å². The fraction of sp³-hybridized carbons (Fsp3) is 0.782. The molecule has 0 saturated heterocycles. The van der Waals surface area contributed by atoms with Gasteiger partial charge in [-0.25, -0.2) is 9.13 Å². The minimum Gasteiger partial charge on any atom is -0.463 e. The van der Waals surface area contributed by atoms with Gasteiger partial charge >= 0.3 is 33.6 Å². The molecule has 0 amide bonds. The fourth-order valence-corrected chi connectivity index (χ4v) is 13.4. The third-order valence-electron chi connectivity index (χ3n) is 18.3. The highest BCUT2D eigenvalue weighted by Gasteiger charge is 2.29. The van der Waals surface area contributed by atoms with E-state index in [1.54, 1.807) is 0 Å². The van der Waals surface area contributed by atoms with Gasteiger partial charge in [-0.3, -0.25) is 32.5 Å². The predicted octanol–water partition coefficient (Wildman–Crippen LogP) is 25.3. The quantitative estimate of drug-likeness (QED) is 0.0146. The molecule has 0 heterocycles. The average molecular weight is 1520 g/mol. The van der Waals surface area contributed by atoms with Crippen molar-refractivity contribution in [2.24, 2.45) is 0 Å². The number of phosphoric acid groups is 2. The fourth-order valence-electron chi connectivity index (χ4n) is 11.8. The van der Waals surface area contributed by atoms with Crippen molar-refractivity contribution in [1.82, 2.24) is 0 Å². The molecule has 0 saturated carbocycles. The number of ether oxygens (including phenoxy) is 3. The van der Waals surface area contributed by atoms with Crippen molar-refractivity contribution in [3.05, 3.63) is 97.2 Å². The molecule has 0 aliphatic heterocycles. The van der Waals surface area contributed by atoms with Gasteiger partial charge < -0.3 is 34.2 Å². The maximum Gasteiger partial charge on any atom is 0.472 e. The van der Waals surface area contributed by atoms with Crippen LogP contribution in [0, 0.1) is 0 Å². The van der Waals surface area contributed by atoms with Crippen molar-refractivity contribution in [1.29, 1.82) is 0 Å². The molecule has 0 bridgehead atoms. The molecule has 0 spiro atoms. The van der Waals surface area contributed by atoms with Gasteiger partial charge in [0.1, 0.15) is 25.4 Å². The third kappa shape index (κ3) is 81.3. The summed E-state index contributed by atoms with van der Waals surface area (Å²) in [4.78, 5) is 58.7. The van der Waals surface area contributed by atoms with Crippen LogP contribution in [0.15, 0.2) is 97.2 Å². The topological polar surface area (TPSA) is 231 Å². The summed E-state index contributed by atoms with van der Waals surface area (Å²) in [7, 11) is -9.78. The van der Waals surface area contributed by atoms with Crippen molar-refractivity contribution < 1.29 is 75.8 Å². The van der Waals surface area contributed by atoms with Crippen LogP contribution >= 0.6 is 15.6 Å². The molecule has 0 rings (SSSR count). The monoisotopic (exact) mass is 1520 g/mol. The number of carbonyl (C=O) groups is 3. The molecular weight excluding hydrogens is 1360 g/mol. The largest absolute Gasteiger partial charge is 0.472 e. The van der Waals surface area contributed by atoms with Crippen LogP contribution in [0.2, 0.25) is 0 Å². The molecule has 0 fully saturated rings. The summed E-state index contributed by atoms with van der Waals surface area (Å²) in [5, 5.41) is 20.7. The molecule has 0 aromatic heterocycles. The van der Waals surface area contributed by atoms with E-state index < -0.39 is 91.5 Å². The number of hydrogen-bond acceptors (Lipinski definition) is 14. The highest BCUT2D eigenvalue weighted by molar-refractivity contribution is 7.47. The van der Waals surface area contributed by atoms with Gasteiger partial charge in [0.05, 0.1) is 26.4 Å². The summed E-state index contributed by atoms with van der Waals surface area (Å²) in [6.07, 6.45) is 93.1. The number of aliphatic hydroxyl groups is 2. The number of phosphoric ester groups is 2. The lowest BCUT2D eigenvalue weighted by molar-refractivity contribution is -0.161. The molecule has 4 N–H and O–H groups in total. The number of hydrogen-bond donors (Lipinski definition) is 4. The predicted molar refractivity (Wildman–Crippen MR) is 436 cm³/mol. The maximum atomic E-state index is 13.0. The Bertz CT molecular complexity index is 2300. The summed E-state index contributed by atoms with van der Waals surface area (Å²) in [6.45, 7) is 2.68. The zero-order valence-corrected chi connectivity index (χ0v) is 68.7. The normalized spacial score (nSPS) is 14.4. The second kappa shape index (κ2) is 80.0. The number of rotatable bonds is 81. The van der Waals surface area contributed by atoms with Crippen LogP contribution < -0.4 is 0 Å². The number of carbonyl (C=O) groups excluding carboxylic acids is 3. The molecule has 0 aliphatic carbocycles. The van der Waals surface area contributed by atoms with Gasteiger partial charge in [0.2, 0.25) is 0 Å². The lowest BCUT2D eigenvalue weighted by Gasteiger charge is -2.21. The first kappa shape index (κ1) is 101. The van der Waals surface area contributed by atoms with Crippen molar-refractivity contribution in [2.75, 3.05) is 39.6 Å². The lowest BCUT2D eigenvalue weighted by Crippen LogP contribution is -2.30. The van der Waals surface area contributed by atoms with E-state index in [4.69, 9.17) is 32.3 Å². The van der Waals surface area contributed by atoms with Gasteiger partial charge in [-0.1, -0.05) is 349 Å². The van der Waals surface area contributed by atoms with Gasteiger partial charge in [0.25, 0.3) is 0 Å². The maximum absolute atomic E-state index is 13.0. The first-order valence-corrected chi connectivity index (χ1v) is 45.5. The molecule has 610 valence electrons. The first-order chi connectivity index (χ1) is 51.2. The van der Waals surface area contributed by atoms with Crippen LogP contribution in [0.1, 0.15) is 380 Å². The van der Waals surface area contributed by atoms with E-state index in [-0.39, 0.29) is 19.3 Å². The van der Waals surface area contributed by atoms with Crippen LogP contribution in [-0.2, 0) is 55.8 Å². The summed E-state index contributed by atoms with van der Waals surface area (Å²) in [5.41, 5.74) is 0. The molecule has 18 heteroatoms. The second-order valence-corrected chi connectivity index (χ2v) is 31.5. The van der Waals surface area contributed by atoms with E-state index in [2.05, 4.69) is 118 Å². The molecule has 5 atom stereocenters. The van der Waals surface area contributed by atoms with E-state index in [9.17, 15) is 43.5 Å². The lowest BCUT2D eigenvalue weighted by atomic mass is 10.0.